The average Bonchev–Trinajstić information content (AvgIpc) is 3.06. The van der Waals surface area contributed by atoms with E-state index in [9.17, 15) is 9.18 Å². The van der Waals surface area contributed by atoms with Crippen LogP contribution in [0.3, 0.4) is 0 Å². The molecule has 0 spiro atoms. The Bertz CT molecular complexity index is 978. The lowest BCUT2D eigenvalue weighted by molar-refractivity contribution is 0.102. The van der Waals surface area contributed by atoms with Gasteiger partial charge >= 0.3 is 0 Å². The van der Waals surface area contributed by atoms with Gasteiger partial charge in [-0.05, 0) is 57.4 Å². The minimum Gasteiger partial charge on any atom is -0.399 e. The minimum atomic E-state index is -0.369. The molecule has 3 rings (SSSR count). The number of hydrogen-bond donors (Lipinski definition) is 2. The largest absolute Gasteiger partial charge is 0.399 e. The second kappa shape index (κ2) is 7.75. The molecule has 7 nitrogen and oxygen atoms in total. The molecule has 0 unspecified atom stereocenters. The molecule has 0 aliphatic carbocycles. The number of nitrogens with one attached hydrogen (secondary N) is 1. The Morgan fingerprint density at radius 1 is 1.21 bits per heavy atom. The van der Waals surface area contributed by atoms with Crippen LogP contribution in [0.4, 0.5) is 15.9 Å². The molecule has 0 fully saturated rings. The summed E-state index contributed by atoms with van der Waals surface area (Å²) in [6.07, 6.45) is 5.33. The van der Waals surface area contributed by atoms with Crippen molar-refractivity contribution in [2.75, 3.05) is 11.1 Å². The molecule has 1 aromatic carbocycles. The fourth-order valence-corrected chi connectivity index (χ4v) is 2.80. The van der Waals surface area contributed by atoms with Crippen LogP contribution in [0.1, 0.15) is 42.5 Å². The van der Waals surface area contributed by atoms with Crippen LogP contribution in [0.5, 0.6) is 0 Å². The van der Waals surface area contributed by atoms with Crippen molar-refractivity contribution in [3.05, 3.63) is 65.6 Å². The van der Waals surface area contributed by atoms with Crippen molar-refractivity contribution >= 4 is 17.4 Å². The van der Waals surface area contributed by atoms with Crippen LogP contribution in [0.15, 0.2) is 42.9 Å². The maximum Gasteiger partial charge on any atom is 0.277 e. The highest BCUT2D eigenvalue weighted by Gasteiger charge is 2.22. The van der Waals surface area contributed by atoms with Crippen LogP contribution in [0.2, 0.25) is 0 Å². The van der Waals surface area contributed by atoms with Gasteiger partial charge in [-0.1, -0.05) is 0 Å². The van der Waals surface area contributed by atoms with Gasteiger partial charge in [-0.2, -0.15) is 5.10 Å². The fourth-order valence-electron chi connectivity index (χ4n) is 2.80. The summed E-state index contributed by atoms with van der Waals surface area (Å²) in [4.78, 5) is 20.4. The number of benzene rings is 1. The standard InChI is InChI=1S/C20H23FN6O/c1-20(2,3)27-18(25-19(28)17-12-23-8-9-24-17)11-15(26-27)6-4-13-10-14(22)5-7-16(13)21/h5,7-12H,4,6,22H2,1-3H3,(H,25,28). The molecule has 0 saturated heterocycles. The van der Waals surface area contributed by atoms with Crippen molar-refractivity contribution < 1.29 is 9.18 Å². The first-order valence-corrected chi connectivity index (χ1v) is 8.95. The van der Waals surface area contributed by atoms with Gasteiger partial charge < -0.3 is 11.1 Å². The summed E-state index contributed by atoms with van der Waals surface area (Å²) in [6, 6.07) is 6.33. The van der Waals surface area contributed by atoms with Gasteiger partial charge in [0.25, 0.3) is 5.91 Å². The number of nitrogen functional groups attached to an aromatic ring is 1. The lowest BCUT2D eigenvalue weighted by Gasteiger charge is -2.22. The third-order valence-corrected chi connectivity index (χ3v) is 4.15. The predicted octanol–water partition coefficient (Wildman–Crippen LogP) is 3.19. The third kappa shape index (κ3) is 4.51. The lowest BCUT2D eigenvalue weighted by atomic mass is 10.1. The quantitative estimate of drug-likeness (QED) is 0.660. The molecule has 3 aromatic rings. The van der Waals surface area contributed by atoms with Crippen molar-refractivity contribution in [3.8, 4) is 0 Å². The summed E-state index contributed by atoms with van der Waals surface area (Å²) in [5, 5.41) is 7.44. The summed E-state index contributed by atoms with van der Waals surface area (Å²) in [7, 11) is 0. The summed E-state index contributed by atoms with van der Waals surface area (Å²) >= 11 is 0. The number of carbonyl (C=O) groups is 1. The number of anilines is 2. The number of carbonyl (C=O) groups excluding carboxylic acids is 1. The van der Waals surface area contributed by atoms with Gasteiger partial charge in [-0.15, -0.1) is 0 Å². The molecule has 146 valence electrons. The van der Waals surface area contributed by atoms with Crippen molar-refractivity contribution in [1.29, 1.82) is 0 Å². The molecule has 0 atom stereocenters. The van der Waals surface area contributed by atoms with E-state index in [0.717, 1.165) is 5.69 Å². The molecule has 8 heteroatoms. The number of nitrogens with two attached hydrogens (primary N) is 1. The van der Waals surface area contributed by atoms with Gasteiger partial charge in [0.05, 0.1) is 17.4 Å². The number of rotatable bonds is 5. The summed E-state index contributed by atoms with van der Waals surface area (Å²) in [6.45, 7) is 5.96. The molecule has 1 amide bonds. The molecule has 0 bridgehead atoms. The molecule has 0 aliphatic rings. The Morgan fingerprint density at radius 3 is 2.68 bits per heavy atom. The first-order valence-electron chi connectivity index (χ1n) is 8.95. The van der Waals surface area contributed by atoms with Crippen LogP contribution >= 0.6 is 0 Å². The Morgan fingerprint density at radius 2 is 2.00 bits per heavy atom. The second-order valence-electron chi connectivity index (χ2n) is 7.50. The van der Waals surface area contributed by atoms with Gasteiger partial charge in [0.1, 0.15) is 17.3 Å². The number of aromatic nitrogens is 4. The van der Waals surface area contributed by atoms with E-state index >= 15 is 0 Å². The molecule has 0 aliphatic heterocycles. The molecule has 0 saturated carbocycles. The molecule has 2 heterocycles. The van der Waals surface area contributed by atoms with Gasteiger partial charge in [0.15, 0.2) is 0 Å². The van der Waals surface area contributed by atoms with Gasteiger partial charge in [0.2, 0.25) is 0 Å². The molecule has 2 aromatic heterocycles. The molecule has 28 heavy (non-hydrogen) atoms. The smallest absolute Gasteiger partial charge is 0.277 e. The zero-order valence-corrected chi connectivity index (χ0v) is 16.1. The zero-order valence-electron chi connectivity index (χ0n) is 16.1. The van der Waals surface area contributed by atoms with Crippen molar-refractivity contribution in [1.82, 2.24) is 19.7 Å². The maximum atomic E-state index is 14.0. The van der Waals surface area contributed by atoms with Gasteiger partial charge in [0, 0.05) is 24.1 Å². The summed E-state index contributed by atoms with van der Waals surface area (Å²) in [5.41, 5.74) is 7.41. The normalized spacial score (nSPS) is 11.4. The van der Waals surface area contributed by atoms with E-state index in [2.05, 4.69) is 20.4 Å². The van der Waals surface area contributed by atoms with E-state index in [0.29, 0.717) is 29.9 Å². The number of amides is 1. The number of hydrogen-bond acceptors (Lipinski definition) is 5. The van der Waals surface area contributed by atoms with Crippen LogP contribution in [-0.2, 0) is 18.4 Å². The monoisotopic (exact) mass is 382 g/mol. The topological polar surface area (TPSA) is 98.7 Å². The third-order valence-electron chi connectivity index (χ3n) is 4.15. The van der Waals surface area contributed by atoms with E-state index in [1.54, 1.807) is 16.8 Å². The van der Waals surface area contributed by atoms with E-state index in [4.69, 9.17) is 5.73 Å². The highest BCUT2D eigenvalue weighted by molar-refractivity contribution is 6.02. The first kappa shape index (κ1) is 19.5. The van der Waals surface area contributed by atoms with Crippen molar-refractivity contribution in [2.45, 2.75) is 39.2 Å². The fraction of sp³-hybridized carbons (Fsp3) is 0.300. The second-order valence-corrected chi connectivity index (χ2v) is 7.50. The van der Waals surface area contributed by atoms with E-state index in [1.807, 2.05) is 20.8 Å². The summed E-state index contributed by atoms with van der Waals surface area (Å²) < 4.78 is 15.7. The van der Waals surface area contributed by atoms with Crippen LogP contribution in [-0.4, -0.2) is 25.7 Å². The van der Waals surface area contributed by atoms with E-state index in [1.165, 1.54) is 30.7 Å². The van der Waals surface area contributed by atoms with E-state index < -0.39 is 0 Å². The van der Waals surface area contributed by atoms with Crippen LogP contribution < -0.4 is 11.1 Å². The summed E-state index contributed by atoms with van der Waals surface area (Å²) in [5.74, 6) is -0.112. The van der Waals surface area contributed by atoms with Crippen LogP contribution in [0.25, 0.3) is 0 Å². The number of nitrogens with zero attached hydrogens (tertiary/aromatic N) is 4. The molecular formula is C20H23FN6O. The highest BCUT2D eigenvalue weighted by atomic mass is 19.1. The Kier molecular flexibility index (Phi) is 5.39. The highest BCUT2D eigenvalue weighted by Crippen LogP contribution is 2.23. The van der Waals surface area contributed by atoms with Gasteiger partial charge in [-0.3, -0.25) is 9.78 Å². The first-order chi connectivity index (χ1) is 13.2. The molecular weight excluding hydrogens is 359 g/mol. The number of halogens is 1. The predicted molar refractivity (Wildman–Crippen MR) is 105 cm³/mol. The Labute approximate surface area is 162 Å². The minimum absolute atomic E-state index is 0.215. The molecule has 0 radical (unpaired) electrons. The van der Waals surface area contributed by atoms with E-state index in [-0.39, 0.29) is 23.0 Å². The molecule has 3 N–H and O–H groups in total. The zero-order chi connectivity index (χ0) is 20.3. The number of aryl methyl sites for hydroxylation is 2. The van der Waals surface area contributed by atoms with Crippen molar-refractivity contribution in [2.24, 2.45) is 0 Å². The SMILES string of the molecule is CC(C)(C)n1nc(CCc2cc(N)ccc2F)cc1NC(=O)c1cnccn1. The van der Waals surface area contributed by atoms with Gasteiger partial charge in [-0.25, -0.2) is 14.1 Å². The lowest BCUT2D eigenvalue weighted by Crippen LogP contribution is -2.27. The Hall–Kier alpha value is -3.29. The maximum absolute atomic E-state index is 14.0. The van der Waals surface area contributed by atoms with Crippen LogP contribution in [0, 0.1) is 5.82 Å². The Balaban J connectivity index is 1.82. The average molecular weight is 382 g/mol. The van der Waals surface area contributed by atoms with Crippen molar-refractivity contribution in [3.63, 3.8) is 0 Å².